The van der Waals surface area contributed by atoms with Crippen LogP contribution in [-0.4, -0.2) is 36.6 Å². The standard InChI is InChI=1S/C16H32O3/c1-15(2,3)12-7-8-13(17)14(11-12)19-10-9-16(4,5)18-6/h12-14,17H,7-11H2,1-6H3. The Labute approximate surface area is 118 Å². The van der Waals surface area contributed by atoms with Gasteiger partial charge in [-0.25, -0.2) is 0 Å². The summed E-state index contributed by atoms with van der Waals surface area (Å²) in [4.78, 5) is 0. The summed E-state index contributed by atoms with van der Waals surface area (Å²) < 4.78 is 11.3. The lowest BCUT2D eigenvalue weighted by atomic mass is 9.71. The first-order valence-corrected chi connectivity index (χ1v) is 7.50. The molecule has 19 heavy (non-hydrogen) atoms. The van der Waals surface area contributed by atoms with Crippen molar-refractivity contribution in [3.05, 3.63) is 0 Å². The van der Waals surface area contributed by atoms with Gasteiger partial charge in [0.1, 0.15) is 0 Å². The Bertz CT molecular complexity index is 268. The Balaban J connectivity index is 2.43. The number of ether oxygens (including phenoxy) is 2. The van der Waals surface area contributed by atoms with Crippen LogP contribution in [-0.2, 0) is 9.47 Å². The van der Waals surface area contributed by atoms with Crippen LogP contribution in [0, 0.1) is 11.3 Å². The molecule has 114 valence electrons. The van der Waals surface area contributed by atoms with Crippen LogP contribution in [0.3, 0.4) is 0 Å². The van der Waals surface area contributed by atoms with E-state index in [1.165, 1.54) is 0 Å². The van der Waals surface area contributed by atoms with Crippen molar-refractivity contribution >= 4 is 0 Å². The highest BCUT2D eigenvalue weighted by Gasteiger charge is 2.35. The molecule has 1 saturated carbocycles. The third-order valence-corrected chi connectivity index (χ3v) is 4.57. The molecule has 0 aliphatic heterocycles. The summed E-state index contributed by atoms with van der Waals surface area (Å²) in [5.74, 6) is 0.635. The lowest BCUT2D eigenvalue weighted by Crippen LogP contribution is -2.40. The predicted molar refractivity (Wildman–Crippen MR) is 78.2 cm³/mol. The Morgan fingerprint density at radius 2 is 1.74 bits per heavy atom. The second-order valence-corrected chi connectivity index (χ2v) is 7.57. The zero-order chi connectivity index (χ0) is 14.7. The lowest BCUT2D eigenvalue weighted by Gasteiger charge is -2.40. The van der Waals surface area contributed by atoms with Crippen LogP contribution < -0.4 is 0 Å². The highest BCUT2D eigenvalue weighted by atomic mass is 16.5. The second-order valence-electron chi connectivity index (χ2n) is 7.57. The molecule has 1 rings (SSSR count). The van der Waals surface area contributed by atoms with E-state index < -0.39 is 0 Å². The van der Waals surface area contributed by atoms with Crippen molar-refractivity contribution in [2.24, 2.45) is 11.3 Å². The molecule has 0 bridgehead atoms. The van der Waals surface area contributed by atoms with Crippen molar-refractivity contribution in [3.8, 4) is 0 Å². The van der Waals surface area contributed by atoms with Gasteiger partial charge in [-0.15, -0.1) is 0 Å². The number of rotatable bonds is 5. The molecule has 1 aliphatic rings. The van der Waals surface area contributed by atoms with Gasteiger partial charge in [0, 0.05) is 13.7 Å². The van der Waals surface area contributed by atoms with Crippen molar-refractivity contribution in [1.82, 2.24) is 0 Å². The highest BCUT2D eigenvalue weighted by Crippen LogP contribution is 2.38. The average molecular weight is 272 g/mol. The van der Waals surface area contributed by atoms with Crippen molar-refractivity contribution in [2.45, 2.75) is 78.1 Å². The second kappa shape index (κ2) is 6.55. The van der Waals surface area contributed by atoms with Gasteiger partial charge < -0.3 is 14.6 Å². The molecule has 1 aliphatic carbocycles. The van der Waals surface area contributed by atoms with E-state index in [2.05, 4.69) is 34.6 Å². The van der Waals surface area contributed by atoms with Crippen LogP contribution in [0.1, 0.15) is 60.3 Å². The Kier molecular flexibility index (Phi) is 5.84. The van der Waals surface area contributed by atoms with Gasteiger partial charge in [0.05, 0.1) is 17.8 Å². The van der Waals surface area contributed by atoms with Gasteiger partial charge in [-0.2, -0.15) is 0 Å². The van der Waals surface area contributed by atoms with Crippen LogP contribution in [0.4, 0.5) is 0 Å². The molecule has 0 heterocycles. The van der Waals surface area contributed by atoms with Gasteiger partial charge in [-0.3, -0.25) is 0 Å². The van der Waals surface area contributed by atoms with Gasteiger partial charge in [-0.05, 0) is 50.9 Å². The predicted octanol–water partition coefficient (Wildman–Crippen LogP) is 3.39. The molecular weight excluding hydrogens is 240 g/mol. The molecule has 3 nitrogen and oxygen atoms in total. The monoisotopic (exact) mass is 272 g/mol. The van der Waals surface area contributed by atoms with Crippen LogP contribution >= 0.6 is 0 Å². The molecular formula is C16H32O3. The summed E-state index contributed by atoms with van der Waals surface area (Å²) in [6.07, 6.45) is 3.48. The maximum atomic E-state index is 10.1. The van der Waals surface area contributed by atoms with E-state index in [-0.39, 0.29) is 17.8 Å². The zero-order valence-corrected chi connectivity index (χ0v) is 13.5. The molecule has 1 N–H and O–H groups in total. The van der Waals surface area contributed by atoms with E-state index in [0.717, 1.165) is 25.7 Å². The normalized spacial score (nSPS) is 29.5. The lowest BCUT2D eigenvalue weighted by molar-refractivity contribution is -0.0975. The Morgan fingerprint density at radius 1 is 1.11 bits per heavy atom. The minimum atomic E-state index is -0.302. The fourth-order valence-electron chi connectivity index (χ4n) is 2.64. The van der Waals surface area contributed by atoms with Crippen molar-refractivity contribution in [3.63, 3.8) is 0 Å². The van der Waals surface area contributed by atoms with Crippen LogP contribution in [0.5, 0.6) is 0 Å². The van der Waals surface area contributed by atoms with E-state index in [0.29, 0.717) is 17.9 Å². The molecule has 0 aromatic heterocycles. The van der Waals surface area contributed by atoms with Crippen LogP contribution in [0.15, 0.2) is 0 Å². The van der Waals surface area contributed by atoms with Gasteiger partial charge in [-0.1, -0.05) is 20.8 Å². The molecule has 0 spiro atoms. The molecule has 0 saturated heterocycles. The molecule has 0 radical (unpaired) electrons. The number of aliphatic hydroxyl groups excluding tert-OH is 1. The molecule has 1 fully saturated rings. The largest absolute Gasteiger partial charge is 0.390 e. The van der Waals surface area contributed by atoms with Crippen LogP contribution in [0.25, 0.3) is 0 Å². The summed E-state index contributed by atoms with van der Waals surface area (Å²) in [5, 5.41) is 10.1. The fourth-order valence-corrected chi connectivity index (χ4v) is 2.64. The smallest absolute Gasteiger partial charge is 0.0836 e. The quantitative estimate of drug-likeness (QED) is 0.833. The third kappa shape index (κ3) is 5.41. The van der Waals surface area contributed by atoms with Crippen molar-refractivity contribution < 1.29 is 14.6 Å². The zero-order valence-electron chi connectivity index (χ0n) is 13.5. The maximum Gasteiger partial charge on any atom is 0.0836 e. The summed E-state index contributed by atoms with van der Waals surface area (Å²) in [6, 6.07) is 0. The topological polar surface area (TPSA) is 38.7 Å². The first-order valence-electron chi connectivity index (χ1n) is 7.50. The van der Waals surface area contributed by atoms with E-state index in [9.17, 15) is 5.11 Å². The fraction of sp³-hybridized carbons (Fsp3) is 1.00. The third-order valence-electron chi connectivity index (χ3n) is 4.57. The van der Waals surface area contributed by atoms with E-state index in [1.54, 1.807) is 7.11 Å². The van der Waals surface area contributed by atoms with Crippen molar-refractivity contribution in [1.29, 1.82) is 0 Å². The minimum Gasteiger partial charge on any atom is -0.390 e. The minimum absolute atomic E-state index is 0.00867. The number of hydrogen-bond acceptors (Lipinski definition) is 3. The summed E-state index contributed by atoms with van der Waals surface area (Å²) in [7, 11) is 1.73. The SMILES string of the molecule is COC(C)(C)CCOC1CC(C(C)(C)C)CCC1O. The summed E-state index contributed by atoms with van der Waals surface area (Å²) >= 11 is 0. The van der Waals surface area contributed by atoms with E-state index in [4.69, 9.17) is 9.47 Å². The number of methoxy groups -OCH3 is 1. The molecule has 0 aromatic carbocycles. The van der Waals surface area contributed by atoms with Crippen molar-refractivity contribution in [2.75, 3.05) is 13.7 Å². The molecule has 3 atom stereocenters. The van der Waals surface area contributed by atoms with Gasteiger partial charge in [0.2, 0.25) is 0 Å². The van der Waals surface area contributed by atoms with Gasteiger partial charge >= 0.3 is 0 Å². The average Bonchev–Trinajstić information content (AvgIpc) is 2.30. The van der Waals surface area contributed by atoms with Gasteiger partial charge in [0.25, 0.3) is 0 Å². The molecule has 0 aromatic rings. The molecule has 0 amide bonds. The van der Waals surface area contributed by atoms with E-state index >= 15 is 0 Å². The Hall–Kier alpha value is -0.120. The first-order chi connectivity index (χ1) is 8.65. The maximum absolute atomic E-state index is 10.1. The number of aliphatic hydroxyl groups is 1. The summed E-state index contributed by atoms with van der Waals surface area (Å²) in [6.45, 7) is 11.6. The molecule has 3 heteroatoms. The molecule has 3 unspecified atom stereocenters. The summed E-state index contributed by atoms with van der Waals surface area (Å²) in [5.41, 5.74) is 0.149. The van der Waals surface area contributed by atoms with Gasteiger partial charge in [0.15, 0.2) is 0 Å². The van der Waals surface area contributed by atoms with E-state index in [1.807, 2.05) is 0 Å². The highest BCUT2D eigenvalue weighted by molar-refractivity contribution is 4.86. The van der Waals surface area contributed by atoms with Crippen LogP contribution in [0.2, 0.25) is 0 Å². The number of hydrogen-bond donors (Lipinski definition) is 1. The Morgan fingerprint density at radius 3 is 2.26 bits per heavy atom. The first kappa shape index (κ1) is 16.9.